The Morgan fingerprint density at radius 2 is 1.93 bits per heavy atom. The Hall–Kier alpha value is -1.18. The van der Waals surface area contributed by atoms with Crippen LogP contribution >= 0.6 is 0 Å². The van der Waals surface area contributed by atoms with E-state index in [0.717, 1.165) is 18.3 Å². The number of hydrogen-bond donors (Lipinski definition) is 0. The first-order valence-electron chi connectivity index (χ1n) is 4.99. The van der Waals surface area contributed by atoms with Crippen LogP contribution in [0.1, 0.15) is 41.1 Å². The van der Waals surface area contributed by atoms with E-state index in [9.17, 15) is 9.18 Å². The number of carbonyl (C=O) groups excluding carboxylic acids is 1. The van der Waals surface area contributed by atoms with Crippen molar-refractivity contribution in [3.63, 3.8) is 0 Å². The van der Waals surface area contributed by atoms with Gasteiger partial charge in [0.2, 0.25) is 0 Å². The molecule has 2 atom stereocenters. The van der Waals surface area contributed by atoms with E-state index in [-0.39, 0.29) is 0 Å². The average molecular weight is 192 g/mol. The highest BCUT2D eigenvalue weighted by Crippen LogP contribution is 2.35. The first-order chi connectivity index (χ1) is 6.79. The highest BCUT2D eigenvalue weighted by atomic mass is 19.1. The van der Waals surface area contributed by atoms with E-state index in [4.69, 9.17) is 0 Å². The van der Waals surface area contributed by atoms with Crippen LogP contribution in [0.15, 0.2) is 24.3 Å². The molecule has 14 heavy (non-hydrogen) atoms. The zero-order valence-electron chi connectivity index (χ0n) is 7.95. The van der Waals surface area contributed by atoms with Crippen molar-refractivity contribution in [3.8, 4) is 0 Å². The lowest BCUT2D eigenvalue weighted by atomic mass is 9.97. The van der Waals surface area contributed by atoms with Crippen molar-refractivity contribution in [1.82, 2.24) is 0 Å². The largest absolute Gasteiger partial charge is 0.298 e. The molecule has 2 heteroatoms. The summed E-state index contributed by atoms with van der Waals surface area (Å²) in [6.07, 6.45) is 2.45. The third-order valence-electron chi connectivity index (χ3n) is 2.91. The summed E-state index contributed by atoms with van der Waals surface area (Å²) < 4.78 is 12.9. The molecule has 74 valence electrons. The van der Waals surface area contributed by atoms with Gasteiger partial charge < -0.3 is 0 Å². The zero-order chi connectivity index (χ0) is 9.97. The molecule has 0 saturated heterocycles. The van der Waals surface area contributed by atoms with Crippen molar-refractivity contribution in [2.75, 3.05) is 0 Å². The number of rotatable bonds is 2. The van der Waals surface area contributed by atoms with Gasteiger partial charge in [-0.1, -0.05) is 24.3 Å². The smallest absolute Gasteiger partial charge is 0.150 e. The van der Waals surface area contributed by atoms with Crippen LogP contribution < -0.4 is 0 Å². The maximum absolute atomic E-state index is 12.9. The molecule has 0 radical (unpaired) electrons. The molecule has 1 aromatic carbocycles. The Morgan fingerprint density at radius 1 is 1.21 bits per heavy atom. The van der Waals surface area contributed by atoms with Gasteiger partial charge in [0.1, 0.15) is 12.5 Å². The van der Waals surface area contributed by atoms with Crippen molar-refractivity contribution >= 4 is 6.29 Å². The van der Waals surface area contributed by atoms with Gasteiger partial charge in [-0.25, -0.2) is 4.39 Å². The summed E-state index contributed by atoms with van der Waals surface area (Å²) in [6, 6.07) is 7.47. The second-order valence-corrected chi connectivity index (χ2v) is 3.89. The molecular weight excluding hydrogens is 179 g/mol. The first kappa shape index (κ1) is 9.38. The predicted molar refractivity (Wildman–Crippen MR) is 53.3 cm³/mol. The van der Waals surface area contributed by atoms with E-state index < -0.39 is 6.17 Å². The summed E-state index contributed by atoms with van der Waals surface area (Å²) >= 11 is 0. The van der Waals surface area contributed by atoms with Gasteiger partial charge in [0.25, 0.3) is 0 Å². The third kappa shape index (κ3) is 1.84. The van der Waals surface area contributed by atoms with Gasteiger partial charge >= 0.3 is 0 Å². The van der Waals surface area contributed by atoms with E-state index in [1.807, 2.05) is 12.1 Å². The minimum absolute atomic E-state index is 0.353. The van der Waals surface area contributed by atoms with Gasteiger partial charge in [0, 0.05) is 5.56 Å². The number of alkyl halides is 1. The first-order valence-corrected chi connectivity index (χ1v) is 4.99. The van der Waals surface area contributed by atoms with E-state index in [1.165, 1.54) is 0 Å². The molecule has 1 saturated carbocycles. The fourth-order valence-electron chi connectivity index (χ4n) is 2.08. The minimum Gasteiger partial charge on any atom is -0.298 e. The average Bonchev–Trinajstić information content (AvgIpc) is 2.65. The Morgan fingerprint density at radius 3 is 2.43 bits per heavy atom. The molecule has 0 amide bonds. The highest BCUT2D eigenvalue weighted by Gasteiger charge is 2.25. The molecule has 1 aliphatic carbocycles. The molecule has 0 heterocycles. The number of carbonyl (C=O) groups is 1. The normalized spacial score (nSPS) is 26.4. The second kappa shape index (κ2) is 3.91. The monoisotopic (exact) mass is 192 g/mol. The van der Waals surface area contributed by atoms with Crippen molar-refractivity contribution in [1.29, 1.82) is 0 Å². The molecule has 0 spiro atoms. The lowest BCUT2D eigenvalue weighted by Crippen LogP contribution is -1.95. The van der Waals surface area contributed by atoms with E-state index in [1.54, 1.807) is 12.1 Å². The number of benzene rings is 1. The Bertz CT molecular complexity index is 318. The number of hydrogen-bond acceptors (Lipinski definition) is 1. The molecule has 0 N–H and O–H groups in total. The Labute approximate surface area is 82.9 Å². The van der Waals surface area contributed by atoms with E-state index >= 15 is 0 Å². The van der Waals surface area contributed by atoms with Crippen LogP contribution in [0, 0.1) is 0 Å². The summed E-state index contributed by atoms with van der Waals surface area (Å²) in [5.41, 5.74) is 1.85. The highest BCUT2D eigenvalue weighted by molar-refractivity contribution is 5.74. The van der Waals surface area contributed by atoms with Crippen LogP contribution in [0.5, 0.6) is 0 Å². The quantitative estimate of drug-likeness (QED) is 0.658. The Kier molecular flexibility index (Phi) is 2.62. The van der Waals surface area contributed by atoms with Gasteiger partial charge in [-0.2, -0.15) is 0 Å². The second-order valence-electron chi connectivity index (χ2n) is 3.89. The fraction of sp³-hybridized carbons (Fsp3) is 0.417. The molecule has 0 aromatic heterocycles. The topological polar surface area (TPSA) is 17.1 Å². The molecule has 0 aliphatic heterocycles. The van der Waals surface area contributed by atoms with Gasteiger partial charge in [0.15, 0.2) is 0 Å². The summed E-state index contributed by atoms with van der Waals surface area (Å²) in [5, 5.41) is 0. The molecule has 1 aliphatic rings. The SMILES string of the molecule is O=Cc1ccc(C2CCC(F)C2)cc1. The number of halogens is 1. The maximum atomic E-state index is 12.9. The lowest BCUT2D eigenvalue weighted by molar-refractivity contribution is 0.112. The Balaban J connectivity index is 2.13. The van der Waals surface area contributed by atoms with Crippen molar-refractivity contribution in [2.45, 2.75) is 31.4 Å². The zero-order valence-corrected chi connectivity index (χ0v) is 7.95. The van der Waals surface area contributed by atoms with Crippen LogP contribution in [-0.2, 0) is 0 Å². The lowest BCUT2D eigenvalue weighted by Gasteiger charge is -2.08. The molecule has 2 rings (SSSR count). The molecular formula is C12H13FO. The standard InChI is InChI=1S/C12H13FO/c13-12-6-5-11(7-12)10-3-1-9(8-14)2-4-10/h1-4,8,11-12H,5-7H2. The number of aldehydes is 1. The summed E-state index contributed by atoms with van der Waals surface area (Å²) in [7, 11) is 0. The van der Waals surface area contributed by atoms with Gasteiger partial charge in [-0.05, 0) is 30.7 Å². The van der Waals surface area contributed by atoms with E-state index in [2.05, 4.69) is 0 Å². The fourth-order valence-corrected chi connectivity index (χ4v) is 2.08. The van der Waals surface area contributed by atoms with Crippen molar-refractivity contribution < 1.29 is 9.18 Å². The molecule has 1 nitrogen and oxygen atoms in total. The van der Waals surface area contributed by atoms with Crippen LogP contribution in [0.4, 0.5) is 4.39 Å². The predicted octanol–water partition coefficient (Wildman–Crippen LogP) is 3.10. The summed E-state index contributed by atoms with van der Waals surface area (Å²) in [5.74, 6) is 0.353. The minimum atomic E-state index is -0.634. The van der Waals surface area contributed by atoms with Crippen LogP contribution in [0.2, 0.25) is 0 Å². The van der Waals surface area contributed by atoms with Crippen LogP contribution in [0.3, 0.4) is 0 Å². The van der Waals surface area contributed by atoms with Crippen LogP contribution in [0.25, 0.3) is 0 Å². The summed E-state index contributed by atoms with van der Waals surface area (Å²) in [4.78, 5) is 10.4. The van der Waals surface area contributed by atoms with Gasteiger partial charge in [0.05, 0.1) is 0 Å². The molecule has 0 bridgehead atoms. The van der Waals surface area contributed by atoms with Crippen molar-refractivity contribution in [3.05, 3.63) is 35.4 Å². The maximum Gasteiger partial charge on any atom is 0.150 e. The van der Waals surface area contributed by atoms with Crippen LogP contribution in [-0.4, -0.2) is 12.5 Å². The molecule has 1 fully saturated rings. The van der Waals surface area contributed by atoms with Gasteiger partial charge in [-0.3, -0.25) is 4.79 Å². The molecule has 2 unspecified atom stereocenters. The summed E-state index contributed by atoms with van der Waals surface area (Å²) in [6.45, 7) is 0. The molecule has 1 aromatic rings. The van der Waals surface area contributed by atoms with Gasteiger partial charge in [-0.15, -0.1) is 0 Å². The van der Waals surface area contributed by atoms with Crippen molar-refractivity contribution in [2.24, 2.45) is 0 Å². The third-order valence-corrected chi connectivity index (χ3v) is 2.91. The van der Waals surface area contributed by atoms with E-state index in [0.29, 0.717) is 24.3 Å².